The third kappa shape index (κ3) is 3.76. The van der Waals surface area contributed by atoms with E-state index in [9.17, 15) is 18.0 Å². The number of carbonyl (C=O) groups is 1. The lowest BCUT2D eigenvalue weighted by Gasteiger charge is -2.21. The summed E-state index contributed by atoms with van der Waals surface area (Å²) in [7, 11) is 0. The minimum absolute atomic E-state index is 0.0451. The summed E-state index contributed by atoms with van der Waals surface area (Å²) < 4.78 is 38.0. The molecule has 126 valence electrons. The van der Waals surface area contributed by atoms with E-state index >= 15 is 0 Å². The highest BCUT2D eigenvalue weighted by Gasteiger charge is 2.34. The van der Waals surface area contributed by atoms with Crippen LogP contribution in [-0.2, 0) is 11.0 Å². The minimum atomic E-state index is -4.45. The molecule has 1 saturated carbocycles. The van der Waals surface area contributed by atoms with E-state index in [4.69, 9.17) is 0 Å². The van der Waals surface area contributed by atoms with Crippen molar-refractivity contribution < 1.29 is 18.0 Å². The molecule has 0 radical (unpaired) electrons. The van der Waals surface area contributed by atoms with Crippen LogP contribution >= 0.6 is 0 Å². The Labute approximate surface area is 133 Å². The number of alkyl halides is 3. The molecule has 1 N–H and O–H groups in total. The molecule has 0 bridgehead atoms. The third-order valence-corrected chi connectivity index (χ3v) is 4.60. The first-order valence-electron chi connectivity index (χ1n) is 8.03. The number of hydrogen-bond acceptors (Lipinski definition) is 3. The number of aromatic nitrogens is 1. The second-order valence-electron chi connectivity index (χ2n) is 6.30. The van der Waals surface area contributed by atoms with Gasteiger partial charge < -0.3 is 10.2 Å². The average molecular weight is 327 g/mol. The maximum absolute atomic E-state index is 12.7. The number of halogens is 3. The Hall–Kier alpha value is -1.79. The van der Waals surface area contributed by atoms with E-state index < -0.39 is 11.9 Å². The van der Waals surface area contributed by atoms with Gasteiger partial charge >= 0.3 is 6.18 Å². The van der Waals surface area contributed by atoms with Gasteiger partial charge in [0.25, 0.3) is 0 Å². The Morgan fingerprint density at radius 3 is 2.65 bits per heavy atom. The molecule has 4 nitrogen and oxygen atoms in total. The Kier molecular flexibility index (Phi) is 4.46. The number of nitrogens with zero attached hydrogens (tertiary/aromatic N) is 2. The number of rotatable bonds is 3. The lowest BCUT2D eigenvalue weighted by Crippen LogP contribution is -2.35. The number of carbonyl (C=O) groups excluding carboxylic acids is 1. The topological polar surface area (TPSA) is 45.2 Å². The summed E-state index contributed by atoms with van der Waals surface area (Å²) in [6.07, 6.45) is 0.430. The van der Waals surface area contributed by atoms with Gasteiger partial charge in [0.1, 0.15) is 11.5 Å². The molecule has 7 heteroatoms. The van der Waals surface area contributed by atoms with Crippen LogP contribution in [0.15, 0.2) is 18.2 Å². The molecule has 1 saturated heterocycles. The molecule has 2 aliphatic rings. The van der Waals surface area contributed by atoms with Gasteiger partial charge in [-0.15, -0.1) is 0 Å². The molecule has 1 aromatic rings. The lowest BCUT2D eigenvalue weighted by molar-refractivity contribution is -0.141. The predicted molar refractivity (Wildman–Crippen MR) is 79.8 cm³/mol. The molecule has 1 aliphatic carbocycles. The fraction of sp³-hybridized carbons (Fsp3) is 0.625. The molecule has 0 spiro atoms. The van der Waals surface area contributed by atoms with Crippen molar-refractivity contribution in [2.75, 3.05) is 18.4 Å². The highest BCUT2D eigenvalue weighted by Crippen LogP contribution is 2.30. The average Bonchev–Trinajstić information content (AvgIpc) is 3.17. The summed E-state index contributed by atoms with van der Waals surface area (Å²) >= 11 is 0. The lowest BCUT2D eigenvalue weighted by atomic mass is 10.1. The van der Waals surface area contributed by atoms with Gasteiger partial charge in [0.05, 0.1) is 0 Å². The van der Waals surface area contributed by atoms with Crippen LogP contribution in [0.2, 0.25) is 0 Å². The molecule has 1 aromatic heterocycles. The van der Waals surface area contributed by atoms with Crippen molar-refractivity contribution in [2.45, 2.75) is 44.3 Å². The minimum Gasteiger partial charge on any atom is -0.365 e. The van der Waals surface area contributed by atoms with E-state index in [0.717, 1.165) is 38.2 Å². The molecule has 23 heavy (non-hydrogen) atoms. The Morgan fingerprint density at radius 2 is 1.96 bits per heavy atom. The zero-order chi connectivity index (χ0) is 16.4. The summed E-state index contributed by atoms with van der Waals surface area (Å²) in [5.74, 6) is 0.546. The molecular formula is C16H20F3N3O. The first-order chi connectivity index (χ1) is 10.9. The SMILES string of the molecule is O=C(C1CCCC1)N1CCC(Nc2cccc(C(F)(F)F)n2)C1. The van der Waals surface area contributed by atoms with Gasteiger partial charge in [-0.3, -0.25) is 4.79 Å². The Bertz CT molecular complexity index is 570. The van der Waals surface area contributed by atoms with Gasteiger partial charge in [0, 0.05) is 25.0 Å². The first kappa shape index (κ1) is 16.1. The number of hydrogen-bond donors (Lipinski definition) is 1. The van der Waals surface area contributed by atoms with Crippen molar-refractivity contribution in [3.63, 3.8) is 0 Å². The van der Waals surface area contributed by atoms with Crippen LogP contribution in [0.1, 0.15) is 37.8 Å². The second-order valence-corrected chi connectivity index (χ2v) is 6.30. The maximum atomic E-state index is 12.7. The monoisotopic (exact) mass is 327 g/mol. The largest absolute Gasteiger partial charge is 0.433 e. The van der Waals surface area contributed by atoms with Crippen molar-refractivity contribution in [1.82, 2.24) is 9.88 Å². The number of nitrogens with one attached hydrogen (secondary N) is 1. The van der Waals surface area contributed by atoms with Crippen molar-refractivity contribution >= 4 is 11.7 Å². The standard InChI is InChI=1S/C16H20F3N3O/c17-16(18,19)13-6-3-7-14(21-13)20-12-8-9-22(10-12)15(23)11-4-1-2-5-11/h3,6-7,11-12H,1-2,4-5,8-10H2,(H,20,21). The molecule has 1 aliphatic heterocycles. The molecule has 3 rings (SSSR count). The van der Waals surface area contributed by atoms with Crippen LogP contribution in [0.25, 0.3) is 0 Å². The predicted octanol–water partition coefficient (Wildman–Crippen LogP) is 3.30. The van der Waals surface area contributed by atoms with E-state index in [2.05, 4.69) is 10.3 Å². The zero-order valence-corrected chi connectivity index (χ0v) is 12.8. The van der Waals surface area contributed by atoms with Gasteiger partial charge in [-0.1, -0.05) is 18.9 Å². The molecule has 2 fully saturated rings. The van der Waals surface area contributed by atoms with Gasteiger partial charge in [0.2, 0.25) is 5.91 Å². The van der Waals surface area contributed by atoms with E-state index in [1.54, 1.807) is 0 Å². The Balaban J connectivity index is 1.58. The van der Waals surface area contributed by atoms with Crippen LogP contribution < -0.4 is 5.32 Å². The smallest absolute Gasteiger partial charge is 0.365 e. The van der Waals surface area contributed by atoms with Crippen LogP contribution in [0.4, 0.5) is 19.0 Å². The third-order valence-electron chi connectivity index (χ3n) is 4.60. The van der Waals surface area contributed by atoms with Crippen molar-refractivity contribution in [3.05, 3.63) is 23.9 Å². The molecular weight excluding hydrogens is 307 g/mol. The molecule has 2 heterocycles. The molecule has 1 atom stereocenters. The number of anilines is 1. The van der Waals surface area contributed by atoms with Crippen molar-refractivity contribution in [1.29, 1.82) is 0 Å². The van der Waals surface area contributed by atoms with E-state index in [1.165, 1.54) is 12.1 Å². The van der Waals surface area contributed by atoms with E-state index in [-0.39, 0.29) is 23.7 Å². The van der Waals surface area contributed by atoms with Crippen molar-refractivity contribution in [3.8, 4) is 0 Å². The van der Waals surface area contributed by atoms with Gasteiger partial charge in [0.15, 0.2) is 0 Å². The molecule has 1 amide bonds. The van der Waals surface area contributed by atoms with Crippen molar-refractivity contribution in [2.24, 2.45) is 5.92 Å². The fourth-order valence-corrected chi connectivity index (χ4v) is 3.39. The maximum Gasteiger partial charge on any atom is 0.433 e. The van der Waals surface area contributed by atoms with Gasteiger partial charge in [-0.05, 0) is 31.4 Å². The summed E-state index contributed by atoms with van der Waals surface area (Å²) in [4.78, 5) is 17.8. The Morgan fingerprint density at radius 1 is 1.22 bits per heavy atom. The summed E-state index contributed by atoms with van der Waals surface area (Å²) in [6.45, 7) is 1.19. The number of pyridine rings is 1. The van der Waals surface area contributed by atoms with E-state index in [0.29, 0.717) is 13.1 Å². The van der Waals surface area contributed by atoms with Crippen LogP contribution in [0.5, 0.6) is 0 Å². The highest BCUT2D eigenvalue weighted by atomic mass is 19.4. The summed E-state index contributed by atoms with van der Waals surface area (Å²) in [5, 5.41) is 3.02. The number of amides is 1. The van der Waals surface area contributed by atoms with Gasteiger partial charge in [-0.25, -0.2) is 4.98 Å². The second kappa shape index (κ2) is 6.37. The fourth-order valence-electron chi connectivity index (χ4n) is 3.39. The van der Waals surface area contributed by atoms with E-state index in [1.807, 2.05) is 4.90 Å². The molecule has 0 aromatic carbocycles. The summed E-state index contributed by atoms with van der Waals surface area (Å²) in [6, 6.07) is 3.78. The molecule has 1 unspecified atom stereocenters. The van der Waals surface area contributed by atoms with Crippen LogP contribution in [0.3, 0.4) is 0 Å². The highest BCUT2D eigenvalue weighted by molar-refractivity contribution is 5.79. The van der Waals surface area contributed by atoms with Crippen LogP contribution in [0, 0.1) is 5.92 Å². The quantitative estimate of drug-likeness (QED) is 0.926. The summed E-state index contributed by atoms with van der Waals surface area (Å²) in [5.41, 5.74) is -0.903. The van der Waals surface area contributed by atoms with Gasteiger partial charge in [-0.2, -0.15) is 13.2 Å². The normalized spacial score (nSPS) is 22.6. The number of likely N-dealkylation sites (tertiary alicyclic amines) is 1. The zero-order valence-electron chi connectivity index (χ0n) is 12.8. The van der Waals surface area contributed by atoms with Crippen LogP contribution in [-0.4, -0.2) is 34.9 Å². The first-order valence-corrected chi connectivity index (χ1v) is 8.03.